The van der Waals surface area contributed by atoms with E-state index in [1.54, 1.807) is 16.9 Å². The van der Waals surface area contributed by atoms with Crippen LogP contribution in [0.25, 0.3) is 27.7 Å². The van der Waals surface area contributed by atoms with Crippen molar-refractivity contribution in [2.24, 2.45) is 0 Å². The molecule has 1 saturated carbocycles. The summed E-state index contributed by atoms with van der Waals surface area (Å²) >= 11 is 6.00. The van der Waals surface area contributed by atoms with Crippen LogP contribution in [0.2, 0.25) is 5.02 Å². The third-order valence-electron chi connectivity index (χ3n) is 5.80. The zero-order valence-corrected chi connectivity index (χ0v) is 16.3. The lowest BCUT2D eigenvalue weighted by molar-refractivity contribution is 0.434. The normalized spacial score (nSPS) is 15.9. The van der Waals surface area contributed by atoms with E-state index in [9.17, 15) is 4.79 Å². The Morgan fingerprint density at radius 3 is 2.46 bits per heavy atom. The van der Waals surface area contributed by atoms with Gasteiger partial charge >= 0.3 is 0 Å². The summed E-state index contributed by atoms with van der Waals surface area (Å²) in [5.41, 5.74) is 3.48. The maximum Gasteiger partial charge on any atom is 0.261 e. The first kappa shape index (κ1) is 17.4. The second-order valence-corrected chi connectivity index (χ2v) is 7.97. The molecule has 0 unspecified atom stereocenters. The van der Waals surface area contributed by atoms with Gasteiger partial charge in [-0.05, 0) is 36.6 Å². The Labute approximate surface area is 167 Å². The van der Waals surface area contributed by atoms with E-state index in [1.807, 2.05) is 41.1 Å². The number of hydrogen-bond acceptors (Lipinski definition) is 3. The minimum Gasteiger partial charge on any atom is -0.312 e. The summed E-state index contributed by atoms with van der Waals surface area (Å²) < 4.78 is 3.67. The van der Waals surface area contributed by atoms with E-state index in [-0.39, 0.29) is 11.6 Å². The summed E-state index contributed by atoms with van der Waals surface area (Å²) in [6.45, 7) is 0. The van der Waals surface area contributed by atoms with Crippen LogP contribution in [0.1, 0.15) is 44.6 Å². The minimum atomic E-state index is 0.0299. The fourth-order valence-corrected chi connectivity index (χ4v) is 4.41. The molecule has 0 aliphatic heterocycles. The molecule has 3 heterocycles. The first-order chi connectivity index (χ1) is 13.7. The summed E-state index contributed by atoms with van der Waals surface area (Å²) in [7, 11) is 0. The van der Waals surface area contributed by atoms with E-state index in [0.717, 1.165) is 35.1 Å². The highest BCUT2D eigenvalue weighted by Gasteiger charge is 2.18. The van der Waals surface area contributed by atoms with Crippen molar-refractivity contribution in [1.29, 1.82) is 0 Å². The van der Waals surface area contributed by atoms with Crippen molar-refractivity contribution in [1.82, 2.24) is 19.2 Å². The molecule has 1 aliphatic carbocycles. The fraction of sp³-hybridized carbons (Fsp3) is 0.318. The molecule has 1 fully saturated rings. The third-order valence-corrected chi connectivity index (χ3v) is 6.05. The molecule has 1 aliphatic rings. The fourth-order valence-electron chi connectivity index (χ4n) is 4.29. The van der Waals surface area contributed by atoms with Gasteiger partial charge < -0.3 is 4.57 Å². The monoisotopic (exact) mass is 392 g/mol. The Bertz CT molecular complexity index is 1200. The molecule has 0 atom stereocenters. The number of pyridine rings is 1. The average Bonchev–Trinajstić information content (AvgIpc) is 2.96. The molecule has 28 heavy (non-hydrogen) atoms. The van der Waals surface area contributed by atoms with Crippen LogP contribution in [0.3, 0.4) is 0 Å². The van der Waals surface area contributed by atoms with Crippen molar-refractivity contribution < 1.29 is 0 Å². The van der Waals surface area contributed by atoms with E-state index in [2.05, 4.69) is 10.1 Å². The SMILES string of the molecule is O=c1c2cnc3c(-c4ccc(Cl)cc4)cnn3c2ccn1C1CCCCCC1. The Morgan fingerprint density at radius 2 is 1.71 bits per heavy atom. The molecule has 0 saturated heterocycles. The largest absolute Gasteiger partial charge is 0.312 e. The second-order valence-electron chi connectivity index (χ2n) is 7.53. The third kappa shape index (κ3) is 2.90. The van der Waals surface area contributed by atoms with E-state index < -0.39 is 0 Å². The molecule has 5 nitrogen and oxygen atoms in total. The lowest BCUT2D eigenvalue weighted by Gasteiger charge is -2.18. The molecule has 4 aromatic rings. The van der Waals surface area contributed by atoms with Crippen molar-refractivity contribution in [2.75, 3.05) is 0 Å². The van der Waals surface area contributed by atoms with Crippen molar-refractivity contribution in [3.63, 3.8) is 0 Å². The van der Waals surface area contributed by atoms with Crippen molar-refractivity contribution in [3.05, 3.63) is 64.3 Å². The van der Waals surface area contributed by atoms with Gasteiger partial charge in [-0.2, -0.15) is 5.10 Å². The van der Waals surface area contributed by atoms with E-state index in [0.29, 0.717) is 10.4 Å². The molecular formula is C22H21ClN4O. The molecule has 6 heteroatoms. The summed E-state index contributed by atoms with van der Waals surface area (Å²) in [5.74, 6) is 0. The summed E-state index contributed by atoms with van der Waals surface area (Å²) in [4.78, 5) is 17.8. The van der Waals surface area contributed by atoms with Gasteiger partial charge in [-0.15, -0.1) is 0 Å². The van der Waals surface area contributed by atoms with Crippen LogP contribution in [0.5, 0.6) is 0 Å². The van der Waals surface area contributed by atoms with Crippen molar-refractivity contribution in [3.8, 4) is 11.1 Å². The maximum atomic E-state index is 13.2. The van der Waals surface area contributed by atoms with Crippen LogP contribution in [-0.2, 0) is 0 Å². The molecule has 0 spiro atoms. The van der Waals surface area contributed by atoms with Gasteiger partial charge in [0.1, 0.15) is 0 Å². The zero-order chi connectivity index (χ0) is 19.1. The van der Waals surface area contributed by atoms with Crippen LogP contribution >= 0.6 is 11.6 Å². The first-order valence-corrected chi connectivity index (χ1v) is 10.2. The maximum absolute atomic E-state index is 13.2. The van der Waals surface area contributed by atoms with Crippen LogP contribution in [-0.4, -0.2) is 19.2 Å². The molecule has 0 radical (unpaired) electrons. The highest BCUT2D eigenvalue weighted by Crippen LogP contribution is 2.28. The number of halogens is 1. The zero-order valence-electron chi connectivity index (χ0n) is 15.5. The van der Waals surface area contributed by atoms with Gasteiger partial charge in [-0.3, -0.25) is 4.79 Å². The quantitative estimate of drug-likeness (QED) is 0.437. The van der Waals surface area contributed by atoms with Gasteiger partial charge in [-0.1, -0.05) is 49.4 Å². The van der Waals surface area contributed by atoms with Crippen LogP contribution in [0.4, 0.5) is 0 Å². The first-order valence-electron chi connectivity index (χ1n) is 9.86. The molecule has 0 bridgehead atoms. The number of fused-ring (bicyclic) bond motifs is 3. The number of benzene rings is 1. The second kappa shape index (κ2) is 7.06. The van der Waals surface area contributed by atoms with Gasteiger partial charge in [-0.25, -0.2) is 9.50 Å². The average molecular weight is 393 g/mol. The number of rotatable bonds is 2. The predicted octanol–water partition coefficient (Wildman–Crippen LogP) is 5.26. The van der Waals surface area contributed by atoms with Gasteiger partial charge in [0.05, 0.1) is 17.1 Å². The highest BCUT2D eigenvalue weighted by atomic mass is 35.5. The standard InChI is InChI=1S/C22H21ClN4O/c23-16-9-7-15(8-10-16)18-14-25-27-20-11-12-26(17-5-3-1-2-4-6-17)22(28)19(20)13-24-21(18)27/h7-14,17H,1-6H2. The van der Waals surface area contributed by atoms with Gasteiger partial charge in [0.15, 0.2) is 5.65 Å². The molecule has 142 valence electrons. The van der Waals surface area contributed by atoms with Gasteiger partial charge in [0.2, 0.25) is 0 Å². The molecule has 0 amide bonds. The summed E-state index contributed by atoms with van der Waals surface area (Å²) in [6.07, 6.45) is 12.5. The van der Waals surface area contributed by atoms with Crippen molar-refractivity contribution in [2.45, 2.75) is 44.6 Å². The Kier molecular flexibility index (Phi) is 4.40. The lowest BCUT2D eigenvalue weighted by atomic mass is 10.1. The molecule has 1 aromatic carbocycles. The van der Waals surface area contributed by atoms with Crippen LogP contribution in [0, 0.1) is 0 Å². The number of aromatic nitrogens is 4. The number of nitrogens with zero attached hydrogens (tertiary/aromatic N) is 4. The smallest absolute Gasteiger partial charge is 0.261 e. The van der Waals surface area contributed by atoms with Crippen LogP contribution in [0.15, 0.2) is 53.7 Å². The molecule has 5 rings (SSSR count). The Balaban J connectivity index is 1.64. The summed E-state index contributed by atoms with van der Waals surface area (Å²) in [5, 5.41) is 5.82. The van der Waals surface area contributed by atoms with E-state index in [1.165, 1.54) is 25.7 Å². The van der Waals surface area contributed by atoms with Gasteiger partial charge in [0, 0.05) is 29.0 Å². The van der Waals surface area contributed by atoms with Crippen LogP contribution < -0.4 is 5.56 Å². The van der Waals surface area contributed by atoms with Gasteiger partial charge in [0.25, 0.3) is 5.56 Å². The van der Waals surface area contributed by atoms with E-state index >= 15 is 0 Å². The molecule has 0 N–H and O–H groups in total. The Morgan fingerprint density at radius 1 is 0.964 bits per heavy atom. The molecule has 3 aromatic heterocycles. The topological polar surface area (TPSA) is 52.2 Å². The lowest BCUT2D eigenvalue weighted by Crippen LogP contribution is -2.24. The molecular weight excluding hydrogens is 372 g/mol. The van der Waals surface area contributed by atoms with E-state index in [4.69, 9.17) is 11.6 Å². The summed E-state index contributed by atoms with van der Waals surface area (Å²) in [6, 6.07) is 9.90. The van der Waals surface area contributed by atoms with Crippen molar-refractivity contribution >= 4 is 28.2 Å². The predicted molar refractivity (Wildman–Crippen MR) is 112 cm³/mol. The Hall–Kier alpha value is -2.66. The number of hydrogen-bond donors (Lipinski definition) is 0. The highest BCUT2D eigenvalue weighted by molar-refractivity contribution is 6.30. The minimum absolute atomic E-state index is 0.0299.